The summed E-state index contributed by atoms with van der Waals surface area (Å²) in [6.07, 6.45) is 3.42. The normalized spacial score (nSPS) is 31.6. The minimum absolute atomic E-state index is 0.554. The molecule has 1 aliphatic heterocycles. The van der Waals surface area contributed by atoms with Crippen LogP contribution in [0.4, 0.5) is 5.82 Å². The molecule has 0 spiro atoms. The van der Waals surface area contributed by atoms with Gasteiger partial charge in [-0.25, -0.2) is 0 Å². The van der Waals surface area contributed by atoms with Crippen molar-refractivity contribution in [3.63, 3.8) is 0 Å². The third kappa shape index (κ3) is 1.06. The molecule has 0 radical (unpaired) electrons. The molecule has 0 amide bonds. The summed E-state index contributed by atoms with van der Waals surface area (Å²) in [6.45, 7) is 2.22. The van der Waals surface area contributed by atoms with Crippen LogP contribution in [0.3, 0.4) is 0 Å². The Morgan fingerprint density at radius 2 is 2.19 bits per heavy atom. The maximum Gasteiger partial charge on any atom is 0.199 e. The molecule has 2 unspecified atom stereocenters. The van der Waals surface area contributed by atoms with E-state index in [1.54, 1.807) is 16.9 Å². The maximum absolute atomic E-state index is 4.12. The fraction of sp³-hybridized carbons (Fsp3) is 0.556. The molecule has 7 heteroatoms. The van der Waals surface area contributed by atoms with Gasteiger partial charge in [-0.1, -0.05) is 0 Å². The van der Waals surface area contributed by atoms with Gasteiger partial charge in [-0.2, -0.15) is 4.52 Å². The predicted octanol–water partition coefficient (Wildman–Crippen LogP) is -0.851. The molecular weight excluding hydrogens is 206 g/mol. The number of piperidine rings is 1. The molecule has 0 bridgehead atoms. The lowest BCUT2D eigenvalue weighted by molar-refractivity contribution is 0.691. The highest BCUT2D eigenvalue weighted by molar-refractivity contribution is 5.46. The Balaban J connectivity index is 1.65. The SMILES string of the molecule is c1ncc2nnnn2c1NC1C2CNCC21. The van der Waals surface area contributed by atoms with Crippen LogP contribution < -0.4 is 10.6 Å². The summed E-state index contributed by atoms with van der Waals surface area (Å²) in [7, 11) is 0. The Bertz CT molecular complexity index is 525. The number of tetrazole rings is 1. The Labute approximate surface area is 91.2 Å². The van der Waals surface area contributed by atoms with Crippen molar-refractivity contribution in [2.75, 3.05) is 18.4 Å². The van der Waals surface area contributed by atoms with Gasteiger partial charge in [0.1, 0.15) is 0 Å². The summed E-state index contributed by atoms with van der Waals surface area (Å²) in [5, 5.41) is 18.3. The van der Waals surface area contributed by atoms with Crippen LogP contribution in [0.2, 0.25) is 0 Å². The van der Waals surface area contributed by atoms with Gasteiger partial charge < -0.3 is 10.6 Å². The second kappa shape index (κ2) is 2.88. The van der Waals surface area contributed by atoms with Crippen molar-refractivity contribution in [3.05, 3.63) is 12.4 Å². The Morgan fingerprint density at radius 1 is 1.31 bits per heavy atom. The molecule has 4 rings (SSSR count). The smallest absolute Gasteiger partial charge is 0.199 e. The number of hydrogen-bond donors (Lipinski definition) is 2. The number of hydrogen-bond acceptors (Lipinski definition) is 6. The van der Waals surface area contributed by atoms with E-state index in [4.69, 9.17) is 0 Å². The molecule has 82 valence electrons. The van der Waals surface area contributed by atoms with Gasteiger partial charge in [0.05, 0.1) is 12.4 Å². The minimum atomic E-state index is 0.554. The Hall–Kier alpha value is -1.76. The van der Waals surface area contributed by atoms with E-state index < -0.39 is 0 Å². The van der Waals surface area contributed by atoms with E-state index in [0.29, 0.717) is 11.7 Å². The van der Waals surface area contributed by atoms with Crippen molar-refractivity contribution in [2.24, 2.45) is 11.8 Å². The first kappa shape index (κ1) is 8.40. The van der Waals surface area contributed by atoms with Gasteiger partial charge in [-0.05, 0) is 22.3 Å². The van der Waals surface area contributed by atoms with Gasteiger partial charge in [-0.15, -0.1) is 5.10 Å². The lowest BCUT2D eigenvalue weighted by atomic mass is 10.4. The minimum Gasteiger partial charge on any atom is -0.365 e. The van der Waals surface area contributed by atoms with Crippen molar-refractivity contribution in [1.82, 2.24) is 30.3 Å². The molecule has 2 fully saturated rings. The molecule has 7 nitrogen and oxygen atoms in total. The maximum atomic E-state index is 4.12. The molecule has 2 aliphatic rings. The second-order valence-corrected chi connectivity index (χ2v) is 4.40. The van der Waals surface area contributed by atoms with Gasteiger partial charge >= 0.3 is 0 Å². The molecular formula is C9H11N7. The summed E-state index contributed by atoms with van der Waals surface area (Å²) >= 11 is 0. The number of rotatable bonds is 2. The van der Waals surface area contributed by atoms with Crippen molar-refractivity contribution < 1.29 is 0 Å². The van der Waals surface area contributed by atoms with Crippen molar-refractivity contribution in [1.29, 1.82) is 0 Å². The lowest BCUT2D eigenvalue weighted by Crippen LogP contribution is -2.22. The molecule has 3 heterocycles. The van der Waals surface area contributed by atoms with Crippen molar-refractivity contribution >= 4 is 11.5 Å². The van der Waals surface area contributed by atoms with E-state index in [9.17, 15) is 0 Å². The van der Waals surface area contributed by atoms with Crippen LogP contribution in [-0.2, 0) is 0 Å². The molecule has 2 aromatic rings. The summed E-state index contributed by atoms with van der Waals surface area (Å²) in [5.74, 6) is 2.39. The third-order valence-electron chi connectivity index (χ3n) is 3.51. The lowest BCUT2D eigenvalue weighted by Gasteiger charge is -2.08. The van der Waals surface area contributed by atoms with Gasteiger partial charge in [0.2, 0.25) is 0 Å². The summed E-state index contributed by atoms with van der Waals surface area (Å²) in [4.78, 5) is 4.12. The van der Waals surface area contributed by atoms with E-state index in [0.717, 1.165) is 30.7 Å². The number of nitrogens with zero attached hydrogens (tertiary/aromatic N) is 5. The van der Waals surface area contributed by atoms with Crippen LogP contribution in [0.1, 0.15) is 0 Å². The first-order valence-corrected chi connectivity index (χ1v) is 5.43. The van der Waals surface area contributed by atoms with Gasteiger partial charge in [0.25, 0.3) is 0 Å². The average Bonchev–Trinajstić information content (AvgIpc) is 2.80. The highest BCUT2D eigenvalue weighted by Gasteiger charge is 2.53. The fourth-order valence-electron chi connectivity index (χ4n) is 2.58. The summed E-state index contributed by atoms with van der Waals surface area (Å²) in [6, 6.07) is 0.554. The number of anilines is 1. The van der Waals surface area contributed by atoms with Crippen LogP contribution in [0.25, 0.3) is 5.65 Å². The van der Waals surface area contributed by atoms with E-state index in [-0.39, 0.29) is 0 Å². The van der Waals surface area contributed by atoms with Crippen LogP contribution in [-0.4, -0.2) is 44.2 Å². The van der Waals surface area contributed by atoms with Crippen molar-refractivity contribution in [3.8, 4) is 0 Å². The molecule has 2 N–H and O–H groups in total. The molecule has 1 saturated heterocycles. The van der Waals surface area contributed by atoms with Gasteiger partial charge in [0.15, 0.2) is 11.5 Å². The molecule has 1 saturated carbocycles. The Kier molecular flexibility index (Phi) is 1.51. The number of aromatic nitrogens is 5. The zero-order valence-electron chi connectivity index (χ0n) is 8.54. The summed E-state index contributed by atoms with van der Waals surface area (Å²) in [5.41, 5.74) is 0.675. The van der Waals surface area contributed by atoms with Crippen LogP contribution in [0, 0.1) is 11.8 Å². The standard InChI is InChI=1S/C9H11N7/c1-5-6(2-10-1)9(5)12-7-3-11-4-8-13-14-15-16(7)8/h3-6,9-10,12H,1-2H2. The molecule has 2 aromatic heterocycles. The van der Waals surface area contributed by atoms with Gasteiger partial charge in [0, 0.05) is 19.1 Å². The molecule has 0 aromatic carbocycles. The summed E-state index contributed by atoms with van der Waals surface area (Å²) < 4.78 is 1.69. The number of fused-ring (bicyclic) bond motifs is 2. The average molecular weight is 217 g/mol. The monoisotopic (exact) mass is 217 g/mol. The first-order valence-electron chi connectivity index (χ1n) is 5.43. The highest BCUT2D eigenvalue weighted by atomic mass is 15.5. The van der Waals surface area contributed by atoms with Crippen molar-refractivity contribution in [2.45, 2.75) is 6.04 Å². The van der Waals surface area contributed by atoms with E-state index in [1.807, 2.05) is 0 Å². The molecule has 2 atom stereocenters. The number of nitrogens with one attached hydrogen (secondary N) is 2. The highest BCUT2D eigenvalue weighted by Crippen LogP contribution is 2.43. The van der Waals surface area contributed by atoms with Gasteiger partial charge in [-0.3, -0.25) is 4.98 Å². The van der Waals surface area contributed by atoms with Crippen LogP contribution >= 0.6 is 0 Å². The van der Waals surface area contributed by atoms with Crippen LogP contribution in [0.15, 0.2) is 12.4 Å². The molecule has 16 heavy (non-hydrogen) atoms. The second-order valence-electron chi connectivity index (χ2n) is 4.40. The van der Waals surface area contributed by atoms with Crippen LogP contribution in [0.5, 0.6) is 0 Å². The molecule has 1 aliphatic carbocycles. The van der Waals surface area contributed by atoms with E-state index >= 15 is 0 Å². The quantitative estimate of drug-likeness (QED) is 0.682. The third-order valence-corrected chi connectivity index (χ3v) is 3.51. The first-order chi connectivity index (χ1) is 7.93. The zero-order chi connectivity index (χ0) is 10.5. The topological polar surface area (TPSA) is 80.0 Å². The predicted molar refractivity (Wildman–Crippen MR) is 55.8 cm³/mol. The Morgan fingerprint density at radius 3 is 3.06 bits per heavy atom. The fourth-order valence-corrected chi connectivity index (χ4v) is 2.58. The largest absolute Gasteiger partial charge is 0.365 e. The van der Waals surface area contributed by atoms with E-state index in [2.05, 4.69) is 31.1 Å². The van der Waals surface area contributed by atoms with E-state index in [1.165, 1.54) is 0 Å². The zero-order valence-corrected chi connectivity index (χ0v) is 8.54.